The Kier molecular flexibility index (Phi) is 4.58. The minimum atomic E-state index is -0.0870. The molecule has 3 aromatic rings. The fourth-order valence-corrected chi connectivity index (χ4v) is 3.41. The highest BCUT2D eigenvalue weighted by Crippen LogP contribution is 2.21. The van der Waals surface area contributed by atoms with Crippen molar-refractivity contribution in [2.75, 3.05) is 6.54 Å². The second-order valence-corrected chi connectivity index (χ2v) is 6.59. The molecule has 1 aromatic carbocycles. The molecule has 0 aliphatic carbocycles. The molecule has 134 valence electrons. The molecular formula is C20H23N5O. The molecule has 1 aliphatic rings. The van der Waals surface area contributed by atoms with Gasteiger partial charge < -0.3 is 15.2 Å². The maximum absolute atomic E-state index is 12.6. The Hall–Kier alpha value is -2.86. The number of rotatable bonds is 4. The van der Waals surface area contributed by atoms with Gasteiger partial charge in [0.15, 0.2) is 0 Å². The number of carbonyl (C=O) groups is 1. The largest absolute Gasteiger partial charge is 0.345 e. The Morgan fingerprint density at radius 2 is 2.08 bits per heavy atom. The molecule has 0 saturated carbocycles. The van der Waals surface area contributed by atoms with Crippen molar-refractivity contribution in [3.8, 4) is 11.3 Å². The fourth-order valence-electron chi connectivity index (χ4n) is 3.41. The summed E-state index contributed by atoms with van der Waals surface area (Å²) in [5, 5.41) is 11.0. The van der Waals surface area contributed by atoms with E-state index in [4.69, 9.17) is 0 Å². The predicted octanol–water partition coefficient (Wildman–Crippen LogP) is 2.31. The number of benzene rings is 1. The summed E-state index contributed by atoms with van der Waals surface area (Å²) in [6, 6.07) is 16.0. The van der Waals surface area contributed by atoms with Crippen LogP contribution in [0.15, 0.2) is 48.5 Å². The van der Waals surface area contributed by atoms with Gasteiger partial charge in [-0.05, 0) is 36.7 Å². The first-order valence-corrected chi connectivity index (χ1v) is 8.98. The van der Waals surface area contributed by atoms with Crippen LogP contribution in [0, 0.1) is 0 Å². The Bertz CT molecular complexity index is 886. The van der Waals surface area contributed by atoms with Gasteiger partial charge in [0.05, 0.1) is 17.9 Å². The molecule has 0 radical (unpaired) electrons. The third kappa shape index (κ3) is 3.28. The summed E-state index contributed by atoms with van der Waals surface area (Å²) in [5.74, 6) is -0.0870. The molecule has 3 heterocycles. The molecule has 0 bridgehead atoms. The van der Waals surface area contributed by atoms with E-state index >= 15 is 0 Å². The molecule has 4 rings (SSSR count). The van der Waals surface area contributed by atoms with Gasteiger partial charge in [0.1, 0.15) is 5.69 Å². The maximum Gasteiger partial charge on any atom is 0.268 e. The van der Waals surface area contributed by atoms with Gasteiger partial charge in [-0.3, -0.25) is 9.48 Å². The van der Waals surface area contributed by atoms with E-state index in [2.05, 4.69) is 21.8 Å². The van der Waals surface area contributed by atoms with Crippen LogP contribution in [0.4, 0.5) is 0 Å². The highest BCUT2D eigenvalue weighted by Gasteiger charge is 2.15. The lowest BCUT2D eigenvalue weighted by Crippen LogP contribution is -2.25. The number of amides is 1. The summed E-state index contributed by atoms with van der Waals surface area (Å²) in [7, 11) is 1.92. The number of nitrogens with zero attached hydrogens (tertiary/aromatic N) is 3. The van der Waals surface area contributed by atoms with Crippen LogP contribution in [0.5, 0.6) is 0 Å². The van der Waals surface area contributed by atoms with Crippen molar-refractivity contribution in [2.24, 2.45) is 7.05 Å². The van der Waals surface area contributed by atoms with Crippen molar-refractivity contribution in [1.82, 2.24) is 25.0 Å². The summed E-state index contributed by atoms with van der Waals surface area (Å²) in [6.45, 7) is 3.21. The highest BCUT2D eigenvalue weighted by atomic mass is 16.1. The summed E-state index contributed by atoms with van der Waals surface area (Å²) < 4.78 is 3.97. The molecule has 26 heavy (non-hydrogen) atoms. The van der Waals surface area contributed by atoms with E-state index in [9.17, 15) is 4.79 Å². The van der Waals surface area contributed by atoms with Crippen LogP contribution in [0.1, 0.15) is 28.3 Å². The van der Waals surface area contributed by atoms with Gasteiger partial charge in [-0.25, -0.2) is 0 Å². The van der Waals surface area contributed by atoms with E-state index in [1.165, 1.54) is 5.69 Å². The van der Waals surface area contributed by atoms with Crippen LogP contribution >= 0.6 is 0 Å². The van der Waals surface area contributed by atoms with E-state index in [1.807, 2.05) is 58.8 Å². The highest BCUT2D eigenvalue weighted by molar-refractivity contribution is 5.93. The zero-order valence-corrected chi connectivity index (χ0v) is 14.9. The quantitative estimate of drug-likeness (QED) is 0.760. The van der Waals surface area contributed by atoms with Gasteiger partial charge in [-0.2, -0.15) is 5.10 Å². The van der Waals surface area contributed by atoms with E-state index < -0.39 is 0 Å². The molecular weight excluding hydrogens is 326 g/mol. The van der Waals surface area contributed by atoms with Crippen LogP contribution in [-0.2, 0) is 26.7 Å². The average Bonchev–Trinajstić information content (AvgIpc) is 3.17. The van der Waals surface area contributed by atoms with Crippen molar-refractivity contribution in [3.63, 3.8) is 0 Å². The molecule has 0 spiro atoms. The van der Waals surface area contributed by atoms with E-state index in [0.717, 1.165) is 43.0 Å². The van der Waals surface area contributed by atoms with Crippen LogP contribution in [0.25, 0.3) is 11.3 Å². The minimum absolute atomic E-state index is 0.0870. The van der Waals surface area contributed by atoms with Crippen molar-refractivity contribution < 1.29 is 4.79 Å². The molecule has 1 aliphatic heterocycles. The van der Waals surface area contributed by atoms with Gasteiger partial charge in [0.2, 0.25) is 0 Å². The number of hydrogen-bond donors (Lipinski definition) is 2. The molecule has 0 unspecified atom stereocenters. The van der Waals surface area contributed by atoms with Crippen LogP contribution in [0.2, 0.25) is 0 Å². The van der Waals surface area contributed by atoms with Crippen molar-refractivity contribution in [1.29, 1.82) is 0 Å². The number of nitrogens with one attached hydrogen (secondary N) is 2. The molecule has 0 fully saturated rings. The molecule has 0 saturated heterocycles. The first kappa shape index (κ1) is 16.6. The molecule has 2 N–H and O–H groups in total. The van der Waals surface area contributed by atoms with Gasteiger partial charge in [-0.15, -0.1) is 0 Å². The van der Waals surface area contributed by atoms with Gasteiger partial charge in [0, 0.05) is 25.8 Å². The Morgan fingerprint density at radius 1 is 1.23 bits per heavy atom. The summed E-state index contributed by atoms with van der Waals surface area (Å²) in [5.41, 5.74) is 4.84. The zero-order valence-electron chi connectivity index (χ0n) is 14.9. The summed E-state index contributed by atoms with van der Waals surface area (Å²) in [6.07, 6.45) is 1.08. The maximum atomic E-state index is 12.6. The average molecular weight is 349 g/mol. The normalized spacial score (nSPS) is 13.9. The number of fused-ring (bicyclic) bond motifs is 1. The van der Waals surface area contributed by atoms with Gasteiger partial charge in [0.25, 0.3) is 5.91 Å². The lowest BCUT2D eigenvalue weighted by molar-refractivity contribution is 0.0942. The standard InChI is InChI=1S/C20H23N5O/c1-24-18(15-6-3-2-4-7-15)8-9-19(24)20(26)22-13-16-12-17-14-21-10-5-11-25(17)23-16/h2-4,6-9,12,21H,5,10-11,13-14H2,1H3,(H,22,26). The molecule has 1 amide bonds. The first-order chi connectivity index (χ1) is 12.7. The predicted molar refractivity (Wildman–Crippen MR) is 101 cm³/mol. The number of aromatic nitrogens is 3. The molecule has 2 aromatic heterocycles. The Balaban J connectivity index is 1.45. The van der Waals surface area contributed by atoms with Crippen molar-refractivity contribution in [2.45, 2.75) is 26.1 Å². The van der Waals surface area contributed by atoms with Crippen LogP contribution in [0.3, 0.4) is 0 Å². The second-order valence-electron chi connectivity index (χ2n) is 6.59. The van der Waals surface area contributed by atoms with Crippen LogP contribution < -0.4 is 10.6 Å². The SMILES string of the molecule is Cn1c(C(=O)NCc2cc3n(n2)CCCNC3)ccc1-c1ccccc1. The number of aryl methyl sites for hydroxylation is 1. The summed E-state index contributed by atoms with van der Waals surface area (Å²) >= 11 is 0. The van der Waals surface area contributed by atoms with E-state index in [-0.39, 0.29) is 5.91 Å². The van der Waals surface area contributed by atoms with Crippen molar-refractivity contribution >= 4 is 5.91 Å². The Morgan fingerprint density at radius 3 is 2.92 bits per heavy atom. The molecule has 0 atom stereocenters. The first-order valence-electron chi connectivity index (χ1n) is 8.98. The van der Waals surface area contributed by atoms with Gasteiger partial charge >= 0.3 is 0 Å². The zero-order chi connectivity index (χ0) is 17.9. The molecule has 6 heteroatoms. The fraction of sp³-hybridized carbons (Fsp3) is 0.300. The number of hydrogen-bond acceptors (Lipinski definition) is 3. The Labute approximate surface area is 152 Å². The summed E-state index contributed by atoms with van der Waals surface area (Å²) in [4.78, 5) is 12.6. The lowest BCUT2D eigenvalue weighted by atomic mass is 10.2. The minimum Gasteiger partial charge on any atom is -0.345 e. The van der Waals surface area contributed by atoms with Crippen LogP contribution in [-0.4, -0.2) is 26.8 Å². The third-order valence-corrected chi connectivity index (χ3v) is 4.80. The van der Waals surface area contributed by atoms with E-state index in [1.54, 1.807) is 0 Å². The van der Waals surface area contributed by atoms with Gasteiger partial charge in [-0.1, -0.05) is 30.3 Å². The third-order valence-electron chi connectivity index (χ3n) is 4.80. The lowest BCUT2D eigenvalue weighted by Gasteiger charge is -2.08. The second kappa shape index (κ2) is 7.17. The monoisotopic (exact) mass is 349 g/mol. The smallest absolute Gasteiger partial charge is 0.268 e. The number of carbonyl (C=O) groups excluding carboxylic acids is 1. The van der Waals surface area contributed by atoms with Crippen molar-refractivity contribution in [3.05, 3.63) is 65.6 Å². The van der Waals surface area contributed by atoms with E-state index in [0.29, 0.717) is 12.2 Å². The molecule has 6 nitrogen and oxygen atoms in total. The topological polar surface area (TPSA) is 63.9 Å².